The van der Waals surface area contributed by atoms with Crippen LogP contribution in [0.2, 0.25) is 0 Å². The average Bonchev–Trinajstić information content (AvgIpc) is 2.92. The average molecular weight is 454 g/mol. The van der Waals surface area contributed by atoms with Crippen molar-refractivity contribution in [3.05, 3.63) is 62.7 Å². The fraction of sp³-hybridized carbons (Fsp3) is 0.111. The van der Waals surface area contributed by atoms with Crippen molar-refractivity contribution in [2.45, 2.75) is 6.61 Å². The van der Waals surface area contributed by atoms with Crippen molar-refractivity contribution in [3.63, 3.8) is 0 Å². The Labute approximate surface area is 167 Å². The van der Waals surface area contributed by atoms with E-state index in [1.807, 2.05) is 0 Å². The van der Waals surface area contributed by atoms with Crippen LogP contribution >= 0.6 is 39.9 Å². The number of halogens is 2. The second kappa shape index (κ2) is 8.20. The Kier molecular flexibility index (Phi) is 5.95. The molecule has 1 N–H and O–H groups in total. The Morgan fingerprint density at radius 3 is 2.77 bits per heavy atom. The molecule has 1 heterocycles. The molecule has 1 fully saturated rings. The number of thioether (sulfide) groups is 1. The molecule has 0 aromatic heterocycles. The highest BCUT2D eigenvalue weighted by atomic mass is 79.9. The first-order chi connectivity index (χ1) is 12.5. The first kappa shape index (κ1) is 18.9. The molecule has 0 bridgehead atoms. The van der Waals surface area contributed by atoms with Gasteiger partial charge in [-0.05, 0) is 45.8 Å². The predicted molar refractivity (Wildman–Crippen MR) is 108 cm³/mol. The molecule has 0 unspecified atom stereocenters. The second-order valence-corrected chi connectivity index (χ2v) is 7.84. The number of carbonyl (C=O) groups excluding carboxylic acids is 1. The minimum absolute atomic E-state index is 0.0641. The molecular weight excluding hydrogens is 441 g/mol. The minimum Gasteiger partial charge on any atom is -0.493 e. The number of carbonyl (C=O) groups is 1. The molecule has 2 aromatic carbocycles. The zero-order valence-electron chi connectivity index (χ0n) is 13.5. The van der Waals surface area contributed by atoms with E-state index >= 15 is 0 Å². The van der Waals surface area contributed by atoms with E-state index in [1.54, 1.807) is 36.4 Å². The summed E-state index contributed by atoms with van der Waals surface area (Å²) in [5.41, 5.74) is 1.19. The molecule has 1 aliphatic rings. The maximum atomic E-state index is 13.8. The van der Waals surface area contributed by atoms with Gasteiger partial charge in [-0.3, -0.25) is 4.79 Å². The normalized spacial score (nSPS) is 15.3. The summed E-state index contributed by atoms with van der Waals surface area (Å²) in [6.45, 7) is 0.0641. The maximum absolute atomic E-state index is 13.8. The second-order valence-electron chi connectivity index (χ2n) is 5.27. The van der Waals surface area contributed by atoms with E-state index in [0.29, 0.717) is 30.8 Å². The molecule has 0 aliphatic carbocycles. The van der Waals surface area contributed by atoms with E-state index in [-0.39, 0.29) is 18.3 Å². The summed E-state index contributed by atoms with van der Waals surface area (Å²) >= 11 is 9.63. The lowest BCUT2D eigenvalue weighted by molar-refractivity contribution is -0.115. The fourth-order valence-electron chi connectivity index (χ4n) is 2.30. The Bertz CT molecular complexity index is 917. The van der Waals surface area contributed by atoms with E-state index in [0.717, 1.165) is 5.56 Å². The van der Waals surface area contributed by atoms with Gasteiger partial charge in [-0.25, -0.2) is 4.39 Å². The molecule has 26 heavy (non-hydrogen) atoms. The van der Waals surface area contributed by atoms with Gasteiger partial charge in [-0.2, -0.15) is 0 Å². The number of nitrogens with one attached hydrogen (secondary N) is 1. The van der Waals surface area contributed by atoms with E-state index in [9.17, 15) is 9.18 Å². The van der Waals surface area contributed by atoms with Crippen LogP contribution in [0.1, 0.15) is 11.1 Å². The number of hydrogen-bond donors (Lipinski definition) is 1. The van der Waals surface area contributed by atoms with Gasteiger partial charge in [0.2, 0.25) is 0 Å². The van der Waals surface area contributed by atoms with E-state index in [4.69, 9.17) is 21.7 Å². The predicted octanol–water partition coefficient (Wildman–Crippen LogP) is 4.66. The third-order valence-corrected chi connectivity index (χ3v) is 5.27. The molecule has 1 aliphatic heterocycles. The quantitative estimate of drug-likeness (QED) is 0.526. The summed E-state index contributed by atoms with van der Waals surface area (Å²) in [7, 11) is 1.51. The van der Waals surface area contributed by atoms with Crippen LogP contribution in [0.5, 0.6) is 11.5 Å². The SMILES string of the molecule is COc1cc(C=C2SC(=S)NC2=O)cc(Br)c1OCc1ccccc1F. The van der Waals surface area contributed by atoms with Crippen molar-refractivity contribution >= 4 is 56.2 Å². The zero-order valence-corrected chi connectivity index (χ0v) is 16.8. The van der Waals surface area contributed by atoms with Crippen molar-refractivity contribution in [1.82, 2.24) is 5.32 Å². The monoisotopic (exact) mass is 453 g/mol. The third-order valence-electron chi connectivity index (χ3n) is 3.52. The molecule has 2 aromatic rings. The topological polar surface area (TPSA) is 47.6 Å². The van der Waals surface area contributed by atoms with Crippen molar-refractivity contribution in [2.24, 2.45) is 0 Å². The maximum Gasteiger partial charge on any atom is 0.263 e. The molecule has 3 rings (SSSR count). The first-order valence-corrected chi connectivity index (χ1v) is 9.48. The first-order valence-electron chi connectivity index (χ1n) is 7.46. The van der Waals surface area contributed by atoms with Crippen molar-refractivity contribution in [1.29, 1.82) is 0 Å². The molecule has 4 nitrogen and oxygen atoms in total. The van der Waals surface area contributed by atoms with Crippen LogP contribution < -0.4 is 14.8 Å². The Morgan fingerprint density at radius 1 is 1.35 bits per heavy atom. The highest BCUT2D eigenvalue weighted by molar-refractivity contribution is 9.10. The van der Waals surface area contributed by atoms with Crippen LogP contribution in [0.25, 0.3) is 6.08 Å². The Morgan fingerprint density at radius 2 is 2.12 bits per heavy atom. The highest BCUT2D eigenvalue weighted by Crippen LogP contribution is 2.38. The molecule has 134 valence electrons. The summed E-state index contributed by atoms with van der Waals surface area (Å²) in [5, 5.41) is 2.57. The molecule has 1 amide bonds. The van der Waals surface area contributed by atoms with Gasteiger partial charge in [-0.15, -0.1) is 0 Å². The van der Waals surface area contributed by atoms with Crippen LogP contribution in [0, 0.1) is 5.82 Å². The fourth-order valence-corrected chi connectivity index (χ4v) is 3.92. The van der Waals surface area contributed by atoms with E-state index < -0.39 is 0 Å². The van der Waals surface area contributed by atoms with Gasteiger partial charge >= 0.3 is 0 Å². The van der Waals surface area contributed by atoms with Crippen molar-refractivity contribution in [3.8, 4) is 11.5 Å². The van der Waals surface area contributed by atoms with Gasteiger partial charge < -0.3 is 14.8 Å². The molecule has 0 saturated carbocycles. The van der Waals surface area contributed by atoms with Crippen LogP contribution in [0.4, 0.5) is 4.39 Å². The third kappa shape index (κ3) is 4.25. The van der Waals surface area contributed by atoms with Crippen LogP contribution in [0.3, 0.4) is 0 Å². The lowest BCUT2D eigenvalue weighted by Gasteiger charge is -2.14. The van der Waals surface area contributed by atoms with Crippen molar-refractivity contribution in [2.75, 3.05) is 7.11 Å². The molecule has 8 heteroatoms. The zero-order chi connectivity index (χ0) is 18.7. The summed E-state index contributed by atoms with van der Waals surface area (Å²) in [6, 6.07) is 9.95. The summed E-state index contributed by atoms with van der Waals surface area (Å²) in [5.74, 6) is 0.365. The summed E-state index contributed by atoms with van der Waals surface area (Å²) in [4.78, 5) is 12.3. The van der Waals surface area contributed by atoms with Crippen LogP contribution in [0.15, 0.2) is 45.8 Å². The standard InChI is InChI=1S/C18H13BrFNO3S2/c1-23-14-7-10(8-15-17(22)21-18(25)26-15)6-12(19)16(14)24-9-11-4-2-3-5-13(11)20/h2-8H,9H2,1H3,(H,21,22,25). The molecule has 1 saturated heterocycles. The number of benzene rings is 2. The van der Waals surface area contributed by atoms with Gasteiger partial charge in [0, 0.05) is 5.56 Å². The lowest BCUT2D eigenvalue weighted by Crippen LogP contribution is -2.17. The lowest BCUT2D eigenvalue weighted by atomic mass is 10.1. The largest absolute Gasteiger partial charge is 0.493 e. The molecular formula is C18H13BrFNO3S2. The minimum atomic E-state index is -0.329. The van der Waals surface area contributed by atoms with Crippen LogP contribution in [-0.4, -0.2) is 17.3 Å². The number of hydrogen-bond acceptors (Lipinski definition) is 5. The summed E-state index contributed by atoms with van der Waals surface area (Å²) in [6.07, 6.45) is 1.72. The van der Waals surface area contributed by atoms with Gasteiger partial charge in [-0.1, -0.05) is 42.2 Å². The van der Waals surface area contributed by atoms with Gasteiger partial charge in [0.15, 0.2) is 11.5 Å². The Balaban J connectivity index is 1.86. The summed E-state index contributed by atoms with van der Waals surface area (Å²) < 4.78 is 25.9. The number of methoxy groups -OCH3 is 1. The van der Waals surface area contributed by atoms with Gasteiger partial charge in [0.05, 0.1) is 16.5 Å². The number of rotatable bonds is 5. The van der Waals surface area contributed by atoms with E-state index in [2.05, 4.69) is 21.2 Å². The van der Waals surface area contributed by atoms with Crippen molar-refractivity contribution < 1.29 is 18.7 Å². The van der Waals surface area contributed by atoms with E-state index in [1.165, 1.54) is 24.9 Å². The number of amides is 1. The number of thiocarbonyl (C=S) groups is 1. The number of ether oxygens (including phenoxy) is 2. The highest BCUT2D eigenvalue weighted by Gasteiger charge is 2.22. The van der Waals surface area contributed by atoms with Gasteiger partial charge in [0.1, 0.15) is 16.7 Å². The smallest absolute Gasteiger partial charge is 0.263 e. The Hall–Kier alpha value is -1.90. The molecule has 0 atom stereocenters. The van der Waals surface area contributed by atoms with Crippen LogP contribution in [-0.2, 0) is 11.4 Å². The molecule has 0 radical (unpaired) electrons. The molecule has 0 spiro atoms. The van der Waals surface area contributed by atoms with Gasteiger partial charge in [0.25, 0.3) is 5.91 Å².